The molecule has 0 amide bonds. The molecule has 56 heavy (non-hydrogen) atoms. The lowest BCUT2D eigenvalue weighted by Crippen LogP contribution is -2.00. The van der Waals surface area contributed by atoms with Crippen LogP contribution in [-0.4, -0.2) is 66.2 Å². The molecule has 6 aromatic carbocycles. The molecule has 0 aliphatic rings. The second-order valence-corrected chi connectivity index (χ2v) is 16.4. The molecular formula is C35H26N6O12S3. The van der Waals surface area contributed by atoms with Crippen LogP contribution < -0.4 is 4.74 Å². The van der Waals surface area contributed by atoms with Gasteiger partial charge in [0.25, 0.3) is 30.4 Å². The van der Waals surface area contributed by atoms with Crippen LogP contribution in [-0.2, 0) is 30.4 Å². The number of benzene rings is 6. The third kappa shape index (κ3) is 7.12. The molecule has 0 saturated heterocycles. The van der Waals surface area contributed by atoms with Gasteiger partial charge in [0.1, 0.15) is 33.6 Å². The molecule has 0 fully saturated rings. The maximum absolute atomic E-state index is 12.6. The van der Waals surface area contributed by atoms with E-state index in [9.17, 15) is 49.1 Å². The summed E-state index contributed by atoms with van der Waals surface area (Å²) in [5.74, 6) is -0.818. The molecule has 0 spiro atoms. The average molecular weight is 819 g/mol. The number of fused-ring (bicyclic) bond motifs is 4. The van der Waals surface area contributed by atoms with Crippen molar-refractivity contribution in [1.29, 1.82) is 0 Å². The van der Waals surface area contributed by atoms with Crippen molar-refractivity contribution in [3.63, 3.8) is 0 Å². The molecule has 0 aliphatic carbocycles. The standard InChI is InChI=1S/C35H26N6O12S3/c1-17-10-26(29(53-2)16-25(17)38-40-27-13-20(54(44,45)46)11-19-12-21(55(47,48)49)14-28(42)31(19)27)39-41-33-30(56(50,51)52)15-23-22(34(33)43)8-9-24-32(23)37-35(36-24)18-6-4-3-5-7-18/h3-16,42-43H,1-2H3,(H,36,37)(H,44,45,46)(H,47,48,49)(H,50,51,52). The second kappa shape index (κ2) is 13.7. The quantitative estimate of drug-likeness (QED) is 0.0598. The van der Waals surface area contributed by atoms with Crippen molar-refractivity contribution < 1.29 is 53.9 Å². The molecule has 18 nitrogen and oxygen atoms in total. The Morgan fingerprint density at radius 3 is 1.96 bits per heavy atom. The van der Waals surface area contributed by atoms with Crippen molar-refractivity contribution in [3.05, 3.63) is 90.5 Å². The zero-order valence-electron chi connectivity index (χ0n) is 28.6. The zero-order valence-corrected chi connectivity index (χ0v) is 31.1. The number of nitrogens with one attached hydrogen (secondary N) is 1. The molecule has 1 aromatic heterocycles. The monoisotopic (exact) mass is 818 g/mol. The molecule has 0 unspecified atom stereocenters. The Labute approximate surface area is 316 Å². The van der Waals surface area contributed by atoms with Crippen LogP contribution in [0.4, 0.5) is 22.7 Å². The Balaban J connectivity index is 1.30. The molecular weight excluding hydrogens is 793 g/mol. The fraction of sp³-hybridized carbons (Fsp3) is 0.0571. The van der Waals surface area contributed by atoms with Crippen molar-refractivity contribution in [2.24, 2.45) is 20.5 Å². The number of phenols is 2. The lowest BCUT2D eigenvalue weighted by molar-refractivity contribution is 0.416. The van der Waals surface area contributed by atoms with E-state index in [1.807, 2.05) is 30.3 Å². The minimum Gasteiger partial charge on any atom is -0.507 e. The van der Waals surface area contributed by atoms with Gasteiger partial charge in [0.05, 0.1) is 44.7 Å². The topological polar surface area (TPSA) is 291 Å². The molecule has 0 atom stereocenters. The highest BCUT2D eigenvalue weighted by Crippen LogP contribution is 2.45. The van der Waals surface area contributed by atoms with Crippen LogP contribution in [0.2, 0.25) is 0 Å². The third-order valence-corrected chi connectivity index (χ3v) is 11.1. The number of imidazole rings is 1. The van der Waals surface area contributed by atoms with Gasteiger partial charge in [-0.1, -0.05) is 30.3 Å². The van der Waals surface area contributed by atoms with Gasteiger partial charge in [-0.05, 0) is 60.3 Å². The number of H-pyrrole nitrogens is 1. The first-order valence-corrected chi connectivity index (χ1v) is 20.1. The van der Waals surface area contributed by atoms with E-state index in [1.165, 1.54) is 25.3 Å². The smallest absolute Gasteiger partial charge is 0.296 e. The fourth-order valence-corrected chi connectivity index (χ4v) is 7.66. The number of methoxy groups -OCH3 is 1. The van der Waals surface area contributed by atoms with Crippen molar-refractivity contribution in [3.8, 4) is 28.6 Å². The second-order valence-electron chi connectivity index (χ2n) is 12.2. The summed E-state index contributed by atoms with van der Waals surface area (Å²) < 4.78 is 108. The number of aromatic nitrogens is 2. The SMILES string of the molecule is COc1cc(N=Nc2cc(S(=O)(=O)O)cc3cc(S(=O)(=O)O)cc(O)c23)c(C)cc1N=Nc1c(S(=O)(=O)O)cc2c(ccc3nc(-c4ccccc4)[nH]c32)c1O. The largest absolute Gasteiger partial charge is 0.507 e. The van der Waals surface area contributed by atoms with E-state index < -0.39 is 62.2 Å². The summed E-state index contributed by atoms with van der Waals surface area (Å²) >= 11 is 0. The van der Waals surface area contributed by atoms with Crippen LogP contribution in [0.15, 0.2) is 120 Å². The van der Waals surface area contributed by atoms with E-state index in [0.717, 1.165) is 35.9 Å². The van der Waals surface area contributed by atoms with E-state index in [4.69, 9.17) is 4.74 Å². The number of nitrogens with zero attached hydrogens (tertiary/aromatic N) is 5. The number of hydrogen-bond donors (Lipinski definition) is 6. The molecule has 0 bridgehead atoms. The number of rotatable bonds is 9. The summed E-state index contributed by atoms with van der Waals surface area (Å²) in [5.41, 5.74) is 1.19. The minimum absolute atomic E-state index is 0.00628. The first-order chi connectivity index (χ1) is 26.3. The molecule has 1 heterocycles. The van der Waals surface area contributed by atoms with Gasteiger partial charge in [-0.25, -0.2) is 4.98 Å². The van der Waals surface area contributed by atoms with Gasteiger partial charge < -0.3 is 19.9 Å². The summed E-state index contributed by atoms with van der Waals surface area (Å²) in [6.07, 6.45) is 0. The number of azo groups is 2. The number of hydrogen-bond acceptors (Lipinski definition) is 14. The molecule has 6 N–H and O–H groups in total. The van der Waals surface area contributed by atoms with Crippen LogP contribution in [0.5, 0.6) is 17.2 Å². The predicted octanol–water partition coefficient (Wildman–Crippen LogP) is 7.84. The highest BCUT2D eigenvalue weighted by Gasteiger charge is 2.25. The third-order valence-electron chi connectivity index (χ3n) is 8.58. The molecule has 0 saturated carbocycles. The molecule has 7 aromatic rings. The lowest BCUT2D eigenvalue weighted by atomic mass is 10.1. The van der Waals surface area contributed by atoms with Gasteiger partial charge in [0.2, 0.25) is 0 Å². The highest BCUT2D eigenvalue weighted by atomic mass is 32.2. The maximum atomic E-state index is 12.6. The molecule has 0 aliphatic heterocycles. The van der Waals surface area contributed by atoms with Gasteiger partial charge in [-0.3, -0.25) is 13.7 Å². The normalized spacial score (nSPS) is 12.8. The van der Waals surface area contributed by atoms with Crippen molar-refractivity contribution in [1.82, 2.24) is 9.97 Å². The van der Waals surface area contributed by atoms with Crippen LogP contribution in [0.25, 0.3) is 44.0 Å². The molecule has 0 radical (unpaired) electrons. The first kappa shape index (κ1) is 37.9. The minimum atomic E-state index is -4.99. The maximum Gasteiger partial charge on any atom is 0.296 e. The van der Waals surface area contributed by atoms with Gasteiger partial charge in [-0.2, -0.15) is 30.4 Å². The van der Waals surface area contributed by atoms with Gasteiger partial charge in [0, 0.05) is 28.5 Å². The number of phenolic OH excluding ortho intramolecular Hbond substituents is 2. The van der Waals surface area contributed by atoms with E-state index in [-0.39, 0.29) is 44.4 Å². The number of aryl methyl sites for hydroxylation is 1. The van der Waals surface area contributed by atoms with Crippen molar-refractivity contribution in [2.75, 3.05) is 7.11 Å². The Morgan fingerprint density at radius 2 is 1.32 bits per heavy atom. The van der Waals surface area contributed by atoms with E-state index in [1.54, 1.807) is 13.0 Å². The summed E-state index contributed by atoms with van der Waals surface area (Å²) in [4.78, 5) is 5.49. The van der Waals surface area contributed by atoms with E-state index >= 15 is 0 Å². The average Bonchev–Trinajstić information content (AvgIpc) is 3.58. The number of aromatic amines is 1. The predicted molar refractivity (Wildman–Crippen MR) is 202 cm³/mol. The van der Waals surface area contributed by atoms with Crippen LogP contribution >= 0.6 is 0 Å². The Bertz CT molecular complexity index is 3180. The molecule has 286 valence electrons. The summed E-state index contributed by atoms with van der Waals surface area (Å²) in [7, 11) is -13.4. The van der Waals surface area contributed by atoms with E-state index in [2.05, 4.69) is 30.4 Å². The van der Waals surface area contributed by atoms with Crippen molar-refractivity contribution >= 4 is 85.7 Å². The van der Waals surface area contributed by atoms with E-state index in [0.29, 0.717) is 22.4 Å². The Hall–Kier alpha value is -6.36. The Morgan fingerprint density at radius 1 is 0.679 bits per heavy atom. The molecule has 21 heteroatoms. The number of aromatic hydroxyl groups is 2. The zero-order chi connectivity index (χ0) is 40.3. The lowest BCUT2D eigenvalue weighted by Gasteiger charge is -2.11. The summed E-state index contributed by atoms with van der Waals surface area (Å²) in [6, 6.07) is 19.5. The van der Waals surface area contributed by atoms with Gasteiger partial charge >= 0.3 is 0 Å². The molecule has 7 rings (SSSR count). The summed E-state index contributed by atoms with van der Waals surface area (Å²) in [5, 5.41) is 38.3. The van der Waals surface area contributed by atoms with Crippen molar-refractivity contribution in [2.45, 2.75) is 21.6 Å². The Kier molecular flexibility index (Phi) is 9.31. The first-order valence-electron chi connectivity index (χ1n) is 15.8. The van der Waals surface area contributed by atoms with Gasteiger partial charge in [-0.15, -0.1) is 15.3 Å². The van der Waals surface area contributed by atoms with Gasteiger partial charge in [0.15, 0.2) is 5.75 Å². The highest BCUT2D eigenvalue weighted by molar-refractivity contribution is 7.86. The van der Waals surface area contributed by atoms with Crippen LogP contribution in [0.3, 0.4) is 0 Å². The van der Waals surface area contributed by atoms with Crippen LogP contribution in [0, 0.1) is 6.92 Å². The summed E-state index contributed by atoms with van der Waals surface area (Å²) in [6.45, 7) is 1.56. The fourth-order valence-electron chi connectivity index (χ4n) is 5.94. The number of ether oxygens (including phenoxy) is 1. The van der Waals surface area contributed by atoms with Crippen LogP contribution in [0.1, 0.15) is 5.56 Å².